The van der Waals surface area contributed by atoms with Gasteiger partial charge >= 0.3 is 0 Å². The van der Waals surface area contributed by atoms with E-state index >= 15 is 0 Å². The lowest BCUT2D eigenvalue weighted by atomic mass is 9.98. The van der Waals surface area contributed by atoms with E-state index in [4.69, 9.17) is 23.2 Å². The quantitative estimate of drug-likeness (QED) is 0.802. The summed E-state index contributed by atoms with van der Waals surface area (Å²) in [6.45, 7) is 1.10. The van der Waals surface area contributed by atoms with Gasteiger partial charge in [0.1, 0.15) is 0 Å². The van der Waals surface area contributed by atoms with Gasteiger partial charge in [-0.25, -0.2) is 0 Å². The third-order valence-corrected chi connectivity index (χ3v) is 3.40. The molecule has 0 amide bonds. The molecule has 1 aromatic carbocycles. The van der Waals surface area contributed by atoms with Crippen molar-refractivity contribution in [3.8, 4) is 0 Å². The maximum atomic E-state index is 5.97. The summed E-state index contributed by atoms with van der Waals surface area (Å²) in [4.78, 5) is 0. The Balaban J connectivity index is 0.00000112. The molecular formula is C11H14Cl3N. The number of hydrogen-bond acceptors (Lipinski definition) is 1. The van der Waals surface area contributed by atoms with E-state index in [1.54, 1.807) is 0 Å². The highest BCUT2D eigenvalue weighted by molar-refractivity contribution is 6.42. The predicted octanol–water partition coefficient (Wildman–Crippen LogP) is 4.23. The van der Waals surface area contributed by atoms with Crippen molar-refractivity contribution < 1.29 is 0 Å². The first-order valence-electron chi connectivity index (χ1n) is 4.96. The fourth-order valence-corrected chi connectivity index (χ4v) is 2.17. The van der Waals surface area contributed by atoms with E-state index in [-0.39, 0.29) is 12.4 Å². The fourth-order valence-electron chi connectivity index (χ4n) is 1.87. The summed E-state index contributed by atoms with van der Waals surface area (Å²) in [5.74, 6) is 0. The second kappa shape index (κ2) is 5.95. The lowest BCUT2D eigenvalue weighted by Gasteiger charge is -2.24. The van der Waals surface area contributed by atoms with E-state index in [0.717, 1.165) is 6.54 Å². The molecule has 0 bridgehead atoms. The van der Waals surface area contributed by atoms with E-state index < -0.39 is 0 Å². The molecular weight excluding hydrogens is 252 g/mol. The van der Waals surface area contributed by atoms with Crippen LogP contribution < -0.4 is 5.32 Å². The summed E-state index contributed by atoms with van der Waals surface area (Å²) in [5, 5.41) is 4.76. The first kappa shape index (κ1) is 13.1. The molecule has 0 radical (unpaired) electrons. The van der Waals surface area contributed by atoms with Gasteiger partial charge in [0.25, 0.3) is 0 Å². The van der Waals surface area contributed by atoms with Crippen LogP contribution in [-0.2, 0) is 0 Å². The molecule has 1 N–H and O–H groups in total. The summed E-state index contributed by atoms with van der Waals surface area (Å²) in [5.41, 5.74) is 1.25. The van der Waals surface area contributed by atoms with Gasteiger partial charge in [0.2, 0.25) is 0 Å². The van der Waals surface area contributed by atoms with Crippen LogP contribution in [0.1, 0.15) is 30.9 Å². The van der Waals surface area contributed by atoms with Crippen LogP contribution in [0.5, 0.6) is 0 Å². The minimum atomic E-state index is 0. The Labute approximate surface area is 107 Å². The summed E-state index contributed by atoms with van der Waals surface area (Å²) >= 11 is 11.8. The summed E-state index contributed by atoms with van der Waals surface area (Å²) in [6.07, 6.45) is 3.76. The van der Waals surface area contributed by atoms with Crippen molar-refractivity contribution in [3.63, 3.8) is 0 Å². The highest BCUT2D eigenvalue weighted by atomic mass is 35.5. The first-order chi connectivity index (χ1) is 6.77. The number of benzene rings is 1. The molecule has 1 aliphatic rings. The molecule has 0 saturated carbocycles. The zero-order valence-corrected chi connectivity index (χ0v) is 10.6. The Morgan fingerprint density at radius 3 is 2.53 bits per heavy atom. The highest BCUT2D eigenvalue weighted by Gasteiger charge is 2.15. The fraction of sp³-hybridized carbons (Fsp3) is 0.455. The second-order valence-electron chi connectivity index (χ2n) is 3.68. The van der Waals surface area contributed by atoms with Crippen molar-refractivity contribution in [3.05, 3.63) is 33.8 Å². The Morgan fingerprint density at radius 2 is 1.93 bits per heavy atom. The van der Waals surface area contributed by atoms with Gasteiger partial charge in [-0.3, -0.25) is 0 Å². The lowest BCUT2D eigenvalue weighted by molar-refractivity contribution is 0.412. The van der Waals surface area contributed by atoms with Gasteiger partial charge in [-0.1, -0.05) is 35.7 Å². The van der Waals surface area contributed by atoms with Crippen LogP contribution in [0.3, 0.4) is 0 Å². The highest BCUT2D eigenvalue weighted by Crippen LogP contribution is 2.28. The van der Waals surface area contributed by atoms with Gasteiger partial charge in [-0.2, -0.15) is 0 Å². The lowest BCUT2D eigenvalue weighted by Crippen LogP contribution is -2.26. The SMILES string of the molecule is Cl.Clc1ccc(C2CCCCN2)cc1Cl. The number of nitrogens with one attached hydrogen (secondary N) is 1. The number of rotatable bonds is 1. The maximum absolute atomic E-state index is 5.97. The average molecular weight is 267 g/mol. The topological polar surface area (TPSA) is 12.0 Å². The molecule has 0 spiro atoms. The normalized spacial score (nSPS) is 20.8. The largest absolute Gasteiger partial charge is 0.310 e. The molecule has 1 saturated heterocycles. The van der Waals surface area contributed by atoms with Gasteiger partial charge < -0.3 is 5.32 Å². The molecule has 1 heterocycles. The van der Waals surface area contributed by atoms with E-state index in [1.165, 1.54) is 24.8 Å². The zero-order chi connectivity index (χ0) is 9.97. The molecule has 1 atom stereocenters. The molecule has 0 aromatic heterocycles. The number of halogens is 3. The summed E-state index contributed by atoms with van der Waals surface area (Å²) < 4.78 is 0. The Hall–Kier alpha value is 0.0500. The van der Waals surface area contributed by atoms with Crippen LogP contribution in [0.25, 0.3) is 0 Å². The zero-order valence-electron chi connectivity index (χ0n) is 8.30. The van der Waals surface area contributed by atoms with E-state index in [1.807, 2.05) is 12.1 Å². The van der Waals surface area contributed by atoms with Crippen LogP contribution in [0.4, 0.5) is 0 Å². The van der Waals surface area contributed by atoms with Crippen LogP contribution >= 0.6 is 35.6 Å². The molecule has 4 heteroatoms. The van der Waals surface area contributed by atoms with E-state index in [2.05, 4.69) is 11.4 Å². The van der Waals surface area contributed by atoms with Crippen molar-refractivity contribution in [2.75, 3.05) is 6.54 Å². The van der Waals surface area contributed by atoms with Crippen molar-refractivity contribution in [2.24, 2.45) is 0 Å². The van der Waals surface area contributed by atoms with Crippen molar-refractivity contribution in [1.29, 1.82) is 0 Å². The third-order valence-electron chi connectivity index (χ3n) is 2.66. The van der Waals surface area contributed by atoms with Crippen molar-refractivity contribution in [2.45, 2.75) is 25.3 Å². The van der Waals surface area contributed by atoms with Crippen molar-refractivity contribution >= 4 is 35.6 Å². The second-order valence-corrected chi connectivity index (χ2v) is 4.49. The minimum absolute atomic E-state index is 0. The van der Waals surface area contributed by atoms with Crippen LogP contribution in [-0.4, -0.2) is 6.54 Å². The third kappa shape index (κ3) is 3.25. The maximum Gasteiger partial charge on any atom is 0.0595 e. The molecule has 0 aliphatic carbocycles. The molecule has 1 aliphatic heterocycles. The molecule has 1 unspecified atom stereocenters. The van der Waals surface area contributed by atoms with Crippen LogP contribution in [0.15, 0.2) is 18.2 Å². The summed E-state index contributed by atoms with van der Waals surface area (Å²) in [7, 11) is 0. The standard InChI is InChI=1S/C11H13Cl2N.ClH/c12-9-5-4-8(7-10(9)13)11-3-1-2-6-14-11;/h4-5,7,11,14H,1-3,6H2;1H. The van der Waals surface area contributed by atoms with Gasteiger partial charge in [-0.05, 0) is 37.1 Å². The Bertz CT molecular complexity index is 322. The molecule has 15 heavy (non-hydrogen) atoms. The molecule has 1 nitrogen and oxygen atoms in total. The average Bonchev–Trinajstić information content (AvgIpc) is 2.23. The van der Waals surface area contributed by atoms with Crippen LogP contribution in [0, 0.1) is 0 Å². The van der Waals surface area contributed by atoms with Gasteiger partial charge in [-0.15, -0.1) is 12.4 Å². The van der Waals surface area contributed by atoms with Gasteiger partial charge in [0, 0.05) is 6.04 Å². The van der Waals surface area contributed by atoms with Gasteiger partial charge in [0.05, 0.1) is 10.0 Å². The van der Waals surface area contributed by atoms with E-state index in [0.29, 0.717) is 16.1 Å². The number of piperidine rings is 1. The molecule has 1 aromatic rings. The molecule has 2 rings (SSSR count). The summed E-state index contributed by atoms with van der Waals surface area (Å²) in [6, 6.07) is 6.35. The molecule has 84 valence electrons. The first-order valence-corrected chi connectivity index (χ1v) is 5.71. The van der Waals surface area contributed by atoms with Gasteiger partial charge in [0.15, 0.2) is 0 Å². The van der Waals surface area contributed by atoms with Crippen molar-refractivity contribution in [1.82, 2.24) is 5.32 Å². The Kier molecular flexibility index (Phi) is 5.20. The van der Waals surface area contributed by atoms with Crippen LogP contribution in [0.2, 0.25) is 10.0 Å². The minimum Gasteiger partial charge on any atom is -0.310 e. The Morgan fingerprint density at radius 1 is 1.13 bits per heavy atom. The molecule has 1 fully saturated rings. The smallest absolute Gasteiger partial charge is 0.0595 e. The van der Waals surface area contributed by atoms with E-state index in [9.17, 15) is 0 Å². The monoisotopic (exact) mass is 265 g/mol. The predicted molar refractivity (Wildman–Crippen MR) is 68.3 cm³/mol. The number of hydrogen-bond donors (Lipinski definition) is 1.